The second-order valence-electron chi connectivity index (χ2n) is 3.10. The van der Waals surface area contributed by atoms with Crippen LogP contribution in [0, 0.1) is 11.5 Å². The Kier molecular flexibility index (Phi) is 2.40. The molecule has 2 N–H and O–H groups in total. The first kappa shape index (κ1) is 9.07. The molecule has 1 atom stereocenters. The summed E-state index contributed by atoms with van der Waals surface area (Å²) in [4.78, 5) is 0. The van der Waals surface area contributed by atoms with Gasteiger partial charge in [0.15, 0.2) is 6.19 Å². The fraction of sp³-hybridized carbons (Fsp3) is 0.222. The molecule has 14 heavy (non-hydrogen) atoms. The first-order chi connectivity index (χ1) is 6.83. The van der Waals surface area contributed by atoms with Crippen LogP contribution in [-0.4, -0.2) is 18.7 Å². The molecule has 0 aliphatic carbocycles. The summed E-state index contributed by atoms with van der Waals surface area (Å²) < 4.78 is 5.28. The second-order valence-corrected chi connectivity index (χ2v) is 3.10. The molecule has 1 aliphatic rings. The number of rotatable bonds is 2. The molecule has 5 heteroatoms. The van der Waals surface area contributed by atoms with Crippen molar-refractivity contribution >= 4 is 12.6 Å². The van der Waals surface area contributed by atoms with Crippen molar-refractivity contribution in [3.8, 4) is 6.19 Å². The minimum absolute atomic E-state index is 0.235. The summed E-state index contributed by atoms with van der Waals surface area (Å²) in [6.07, 6.45) is 1.59. The van der Waals surface area contributed by atoms with Crippen LogP contribution in [0.1, 0.15) is 11.7 Å². The summed E-state index contributed by atoms with van der Waals surface area (Å²) in [6, 6.07) is 7.47. The van der Waals surface area contributed by atoms with Gasteiger partial charge in [-0.1, -0.05) is 24.3 Å². The van der Waals surface area contributed by atoms with Gasteiger partial charge in [0, 0.05) is 0 Å². The lowest BCUT2D eigenvalue weighted by Crippen LogP contribution is -2.27. The molecule has 2 rings (SSSR count). The molecular weight excluding hydrogens is 179 g/mol. The van der Waals surface area contributed by atoms with Crippen LogP contribution in [0.25, 0.3) is 0 Å². The molecule has 0 aromatic heterocycles. The van der Waals surface area contributed by atoms with Crippen LogP contribution in [0.15, 0.2) is 24.3 Å². The average Bonchev–Trinajstić information content (AvgIpc) is 2.54. The molecule has 0 saturated heterocycles. The fourth-order valence-corrected chi connectivity index (χ4v) is 1.63. The van der Waals surface area contributed by atoms with Crippen molar-refractivity contribution in [2.75, 3.05) is 6.54 Å². The first-order valence-corrected chi connectivity index (χ1v) is 4.37. The van der Waals surface area contributed by atoms with E-state index in [1.54, 1.807) is 0 Å². The average molecular weight is 188 g/mol. The standard InChI is InChI=1S/C9H9BN2O2/c11-6-12-5-9-7-3-1-2-4-8(7)10(13)14-9/h1-4,9,12-13H,5H2. The van der Waals surface area contributed by atoms with Gasteiger partial charge in [0.2, 0.25) is 0 Å². The summed E-state index contributed by atoms with van der Waals surface area (Å²) >= 11 is 0. The van der Waals surface area contributed by atoms with E-state index in [0.717, 1.165) is 11.0 Å². The highest BCUT2D eigenvalue weighted by Crippen LogP contribution is 2.21. The van der Waals surface area contributed by atoms with Crippen molar-refractivity contribution in [2.24, 2.45) is 0 Å². The van der Waals surface area contributed by atoms with Crippen LogP contribution >= 0.6 is 0 Å². The van der Waals surface area contributed by atoms with Gasteiger partial charge >= 0.3 is 7.12 Å². The zero-order valence-corrected chi connectivity index (χ0v) is 7.47. The van der Waals surface area contributed by atoms with Crippen LogP contribution in [0.3, 0.4) is 0 Å². The van der Waals surface area contributed by atoms with Crippen LogP contribution in [0.4, 0.5) is 0 Å². The van der Waals surface area contributed by atoms with Gasteiger partial charge in [-0.05, 0) is 11.0 Å². The Morgan fingerprint density at radius 2 is 2.36 bits per heavy atom. The molecule has 70 valence electrons. The number of hydrogen-bond acceptors (Lipinski definition) is 4. The van der Waals surface area contributed by atoms with E-state index in [0.29, 0.717) is 6.54 Å². The van der Waals surface area contributed by atoms with E-state index in [2.05, 4.69) is 5.32 Å². The monoisotopic (exact) mass is 188 g/mol. The van der Waals surface area contributed by atoms with Crippen molar-refractivity contribution in [3.63, 3.8) is 0 Å². The Morgan fingerprint density at radius 3 is 3.14 bits per heavy atom. The van der Waals surface area contributed by atoms with E-state index in [9.17, 15) is 5.02 Å². The predicted molar refractivity (Wildman–Crippen MR) is 51.5 cm³/mol. The van der Waals surface area contributed by atoms with Gasteiger partial charge in [-0.15, -0.1) is 0 Å². The van der Waals surface area contributed by atoms with Gasteiger partial charge in [-0.25, -0.2) is 0 Å². The van der Waals surface area contributed by atoms with Crippen molar-refractivity contribution in [1.29, 1.82) is 5.26 Å². The maximum Gasteiger partial charge on any atom is 0.492 e. The minimum Gasteiger partial charge on any atom is -0.423 e. The summed E-state index contributed by atoms with van der Waals surface area (Å²) in [5.74, 6) is 0. The molecule has 1 aromatic rings. The maximum absolute atomic E-state index is 9.52. The van der Waals surface area contributed by atoms with E-state index in [4.69, 9.17) is 9.92 Å². The Bertz CT molecular complexity index is 377. The zero-order chi connectivity index (χ0) is 9.97. The van der Waals surface area contributed by atoms with E-state index < -0.39 is 7.12 Å². The highest BCUT2D eigenvalue weighted by atomic mass is 16.5. The van der Waals surface area contributed by atoms with Crippen molar-refractivity contribution in [2.45, 2.75) is 6.10 Å². The third-order valence-electron chi connectivity index (χ3n) is 2.27. The third kappa shape index (κ3) is 1.46. The van der Waals surface area contributed by atoms with Crippen molar-refractivity contribution in [3.05, 3.63) is 29.8 Å². The quantitative estimate of drug-likeness (QED) is 0.373. The normalized spacial score (nSPS) is 18.9. The van der Waals surface area contributed by atoms with E-state index in [-0.39, 0.29) is 6.10 Å². The fourth-order valence-electron chi connectivity index (χ4n) is 1.63. The minimum atomic E-state index is -0.864. The highest BCUT2D eigenvalue weighted by molar-refractivity contribution is 6.61. The Balaban J connectivity index is 2.22. The number of nitrogens with zero attached hydrogens (tertiary/aromatic N) is 1. The number of benzene rings is 1. The largest absolute Gasteiger partial charge is 0.492 e. The van der Waals surface area contributed by atoms with E-state index in [1.807, 2.05) is 30.5 Å². The Hall–Kier alpha value is -1.51. The van der Waals surface area contributed by atoms with Gasteiger partial charge in [0.1, 0.15) is 0 Å². The summed E-state index contributed by atoms with van der Waals surface area (Å²) in [5, 5.41) is 20.4. The van der Waals surface area contributed by atoms with Crippen LogP contribution < -0.4 is 10.8 Å². The number of hydrogen-bond donors (Lipinski definition) is 2. The van der Waals surface area contributed by atoms with Gasteiger partial charge in [-0.3, -0.25) is 0 Å². The van der Waals surface area contributed by atoms with Crippen LogP contribution in [0.2, 0.25) is 0 Å². The lowest BCUT2D eigenvalue weighted by atomic mass is 9.79. The Morgan fingerprint density at radius 1 is 1.57 bits per heavy atom. The SMILES string of the molecule is N#CNCC1OB(O)c2ccccc21. The summed E-state index contributed by atoms with van der Waals surface area (Å²) in [7, 11) is -0.864. The van der Waals surface area contributed by atoms with Crippen molar-refractivity contribution in [1.82, 2.24) is 5.32 Å². The molecule has 0 saturated carbocycles. The molecular formula is C9H9BN2O2. The molecule has 1 unspecified atom stereocenters. The molecule has 0 fully saturated rings. The van der Waals surface area contributed by atoms with Crippen LogP contribution in [0.5, 0.6) is 0 Å². The number of nitrogens with one attached hydrogen (secondary N) is 1. The van der Waals surface area contributed by atoms with Crippen molar-refractivity contribution < 1.29 is 9.68 Å². The first-order valence-electron chi connectivity index (χ1n) is 4.37. The predicted octanol–water partition coefficient (Wildman–Crippen LogP) is -0.484. The van der Waals surface area contributed by atoms with Crippen LogP contribution in [-0.2, 0) is 4.65 Å². The topological polar surface area (TPSA) is 65.3 Å². The van der Waals surface area contributed by atoms with Gasteiger partial charge < -0.3 is 15.0 Å². The second kappa shape index (κ2) is 3.70. The van der Waals surface area contributed by atoms with Gasteiger partial charge in [0.05, 0.1) is 12.6 Å². The van der Waals surface area contributed by atoms with E-state index in [1.165, 1.54) is 0 Å². The maximum atomic E-state index is 9.52. The van der Waals surface area contributed by atoms with Gasteiger partial charge in [0.25, 0.3) is 0 Å². The third-order valence-corrected chi connectivity index (χ3v) is 2.27. The Labute approximate surface area is 82.3 Å². The number of fused-ring (bicyclic) bond motifs is 1. The molecule has 1 aliphatic heterocycles. The number of nitriles is 1. The molecule has 1 aromatic carbocycles. The zero-order valence-electron chi connectivity index (χ0n) is 7.47. The summed E-state index contributed by atoms with van der Waals surface area (Å²) in [6.45, 7) is 0.393. The molecule has 1 heterocycles. The molecule has 4 nitrogen and oxygen atoms in total. The molecule has 0 radical (unpaired) electrons. The smallest absolute Gasteiger partial charge is 0.423 e. The van der Waals surface area contributed by atoms with Gasteiger partial charge in [-0.2, -0.15) is 5.26 Å². The molecule has 0 bridgehead atoms. The molecule has 0 amide bonds. The highest BCUT2D eigenvalue weighted by Gasteiger charge is 2.34. The molecule has 0 spiro atoms. The lowest BCUT2D eigenvalue weighted by molar-refractivity contribution is 0.192. The summed E-state index contributed by atoms with van der Waals surface area (Å²) in [5.41, 5.74) is 1.74. The van der Waals surface area contributed by atoms with E-state index >= 15 is 0 Å². The lowest BCUT2D eigenvalue weighted by Gasteiger charge is -2.09.